The minimum atomic E-state index is -0.768. The van der Waals surface area contributed by atoms with Crippen molar-refractivity contribution in [2.45, 2.75) is 32.5 Å². The van der Waals surface area contributed by atoms with Crippen molar-refractivity contribution >= 4 is 23.1 Å². The lowest BCUT2D eigenvalue weighted by Gasteiger charge is -2.21. The number of hydrogen-bond acceptors (Lipinski definition) is 8. The van der Waals surface area contributed by atoms with Gasteiger partial charge in [-0.25, -0.2) is 0 Å². The zero-order chi connectivity index (χ0) is 24.2. The maximum absolute atomic E-state index is 13.4. The smallest absolute Gasteiger partial charge is 0.247 e. The molecule has 0 radical (unpaired) electrons. The largest absolute Gasteiger partial charge is 0.495 e. The Balaban J connectivity index is 1.51. The van der Waals surface area contributed by atoms with Crippen molar-refractivity contribution in [1.82, 2.24) is 10.2 Å². The van der Waals surface area contributed by atoms with E-state index in [-0.39, 0.29) is 5.78 Å². The van der Waals surface area contributed by atoms with Gasteiger partial charge in [0.05, 0.1) is 14.2 Å². The second kappa shape index (κ2) is 10.3. The fourth-order valence-electron chi connectivity index (χ4n) is 3.73. The number of ether oxygens (including phenoxy) is 4. The van der Waals surface area contributed by atoms with Crippen LogP contribution in [0.3, 0.4) is 0 Å². The molecule has 2 heterocycles. The Morgan fingerprint density at radius 1 is 1.12 bits per heavy atom. The van der Waals surface area contributed by atoms with Crippen LogP contribution in [-0.4, -0.2) is 42.9 Å². The normalized spacial score (nSPS) is 16.0. The molecule has 0 fully saturated rings. The quantitative estimate of drug-likeness (QED) is 0.409. The molecule has 8 nitrogen and oxygen atoms in total. The number of methoxy groups -OCH3 is 2. The lowest BCUT2D eigenvalue weighted by Crippen LogP contribution is -2.28. The number of ketones is 1. The summed E-state index contributed by atoms with van der Waals surface area (Å²) in [5.74, 6) is 2.22. The molecule has 0 saturated heterocycles. The van der Waals surface area contributed by atoms with Gasteiger partial charge in [-0.05, 0) is 42.8 Å². The van der Waals surface area contributed by atoms with Crippen molar-refractivity contribution in [2.75, 3.05) is 20.8 Å². The number of halogens is 1. The van der Waals surface area contributed by atoms with Gasteiger partial charge in [-0.3, -0.25) is 4.79 Å². The Bertz CT molecular complexity index is 1180. The average Bonchev–Trinajstić information content (AvgIpc) is 3.52. The van der Waals surface area contributed by atoms with E-state index < -0.39 is 12.2 Å². The summed E-state index contributed by atoms with van der Waals surface area (Å²) in [5.41, 5.74) is 2.19. The molecule has 0 N–H and O–H groups in total. The van der Waals surface area contributed by atoms with Crippen LogP contribution in [0.1, 0.15) is 36.5 Å². The molecule has 178 valence electrons. The van der Waals surface area contributed by atoms with Crippen LogP contribution in [0.25, 0.3) is 17.2 Å². The van der Waals surface area contributed by atoms with Gasteiger partial charge >= 0.3 is 0 Å². The standard InChI is InChI=1S/C25H25ClN2O6/c1-5-32-24(15-6-8-16(9-7-15)25-28-27-14(2)33-25)23(29)19-11-10-18(34-19)17-12-20(30-3)22(26)21(13-17)31-4/h6-10,12-13,19,24H,5,11H2,1-4H3. The van der Waals surface area contributed by atoms with Gasteiger partial charge in [0.1, 0.15) is 28.4 Å². The molecule has 4 rings (SSSR count). The molecule has 0 amide bonds. The zero-order valence-corrected chi connectivity index (χ0v) is 20.1. The molecule has 2 unspecified atom stereocenters. The van der Waals surface area contributed by atoms with E-state index in [1.54, 1.807) is 19.1 Å². The van der Waals surface area contributed by atoms with Gasteiger partial charge in [0, 0.05) is 31.1 Å². The highest BCUT2D eigenvalue weighted by atomic mass is 35.5. The molecule has 0 bridgehead atoms. The third-order valence-corrected chi connectivity index (χ3v) is 5.78. The Labute approximate surface area is 202 Å². The topological polar surface area (TPSA) is 92.9 Å². The van der Waals surface area contributed by atoms with Gasteiger partial charge in [-0.1, -0.05) is 23.7 Å². The van der Waals surface area contributed by atoms with Crippen LogP contribution in [0.4, 0.5) is 0 Å². The number of carbonyl (C=O) groups excluding carboxylic acids is 1. The molecular formula is C25H25ClN2O6. The molecule has 2 atom stereocenters. The van der Waals surface area contributed by atoms with Crippen LogP contribution in [0.2, 0.25) is 5.02 Å². The number of aryl methyl sites for hydroxylation is 1. The second-order valence-corrected chi connectivity index (χ2v) is 7.97. The first-order valence-electron chi connectivity index (χ1n) is 10.8. The van der Waals surface area contributed by atoms with Gasteiger partial charge in [0.2, 0.25) is 17.6 Å². The minimum Gasteiger partial charge on any atom is -0.495 e. The first kappa shape index (κ1) is 23.8. The maximum atomic E-state index is 13.4. The molecule has 0 saturated carbocycles. The number of aromatic nitrogens is 2. The molecule has 1 aliphatic rings. The van der Waals surface area contributed by atoms with Crippen molar-refractivity contribution in [3.05, 3.63) is 64.5 Å². The number of benzene rings is 2. The number of rotatable bonds is 9. The van der Waals surface area contributed by atoms with Crippen LogP contribution >= 0.6 is 11.6 Å². The Kier molecular flexibility index (Phi) is 7.19. The van der Waals surface area contributed by atoms with E-state index in [4.69, 9.17) is 35.0 Å². The van der Waals surface area contributed by atoms with Crippen molar-refractivity contribution in [2.24, 2.45) is 0 Å². The molecule has 3 aromatic rings. The van der Waals surface area contributed by atoms with E-state index in [0.29, 0.717) is 52.7 Å². The summed E-state index contributed by atoms with van der Waals surface area (Å²) in [6.07, 6.45) is 0.840. The second-order valence-electron chi connectivity index (χ2n) is 7.59. The summed E-state index contributed by atoms with van der Waals surface area (Å²) in [4.78, 5) is 13.4. The molecule has 34 heavy (non-hydrogen) atoms. The molecular weight excluding hydrogens is 460 g/mol. The lowest BCUT2D eigenvalue weighted by atomic mass is 9.99. The van der Waals surface area contributed by atoms with Crippen LogP contribution in [0.15, 0.2) is 46.9 Å². The number of carbonyl (C=O) groups is 1. The average molecular weight is 485 g/mol. The number of Topliss-reactive ketones (excluding diaryl/α,β-unsaturated/α-hetero) is 1. The van der Waals surface area contributed by atoms with E-state index in [9.17, 15) is 4.79 Å². The van der Waals surface area contributed by atoms with Crippen molar-refractivity contribution in [3.8, 4) is 23.0 Å². The summed E-state index contributed by atoms with van der Waals surface area (Å²) in [7, 11) is 3.05. The fraction of sp³-hybridized carbons (Fsp3) is 0.320. The first-order valence-corrected chi connectivity index (χ1v) is 11.2. The van der Waals surface area contributed by atoms with E-state index in [1.165, 1.54) is 14.2 Å². The van der Waals surface area contributed by atoms with Gasteiger partial charge in [-0.15, -0.1) is 10.2 Å². The van der Waals surface area contributed by atoms with E-state index in [1.807, 2.05) is 37.3 Å². The number of nitrogens with zero attached hydrogens (tertiary/aromatic N) is 2. The molecule has 0 aliphatic carbocycles. The van der Waals surface area contributed by atoms with E-state index >= 15 is 0 Å². The molecule has 1 aliphatic heterocycles. The van der Waals surface area contributed by atoms with Crippen LogP contribution < -0.4 is 9.47 Å². The summed E-state index contributed by atoms with van der Waals surface area (Å²) >= 11 is 6.27. The minimum absolute atomic E-state index is 0.164. The third-order valence-electron chi connectivity index (χ3n) is 5.41. The van der Waals surface area contributed by atoms with Gasteiger partial charge in [0.25, 0.3) is 0 Å². The lowest BCUT2D eigenvalue weighted by molar-refractivity contribution is -0.138. The Morgan fingerprint density at radius 2 is 1.79 bits per heavy atom. The molecule has 0 spiro atoms. The van der Waals surface area contributed by atoms with Crippen LogP contribution in [0, 0.1) is 6.92 Å². The maximum Gasteiger partial charge on any atom is 0.247 e. The molecule has 2 aromatic carbocycles. The monoisotopic (exact) mass is 484 g/mol. The Hall–Kier alpha value is -3.36. The van der Waals surface area contributed by atoms with Crippen molar-refractivity contribution < 1.29 is 28.2 Å². The van der Waals surface area contributed by atoms with E-state index in [2.05, 4.69) is 10.2 Å². The van der Waals surface area contributed by atoms with Gasteiger partial charge in [-0.2, -0.15) is 0 Å². The van der Waals surface area contributed by atoms with Crippen molar-refractivity contribution in [3.63, 3.8) is 0 Å². The summed E-state index contributed by atoms with van der Waals surface area (Å²) in [5, 5.41) is 8.24. The third kappa shape index (κ3) is 4.78. The van der Waals surface area contributed by atoms with Gasteiger partial charge in [0.15, 0.2) is 6.10 Å². The summed E-state index contributed by atoms with van der Waals surface area (Å²) < 4.78 is 28.0. The highest BCUT2D eigenvalue weighted by molar-refractivity contribution is 6.33. The Morgan fingerprint density at radius 3 is 2.35 bits per heavy atom. The highest BCUT2D eigenvalue weighted by Gasteiger charge is 2.34. The van der Waals surface area contributed by atoms with Gasteiger partial charge < -0.3 is 23.4 Å². The van der Waals surface area contributed by atoms with Crippen LogP contribution in [0.5, 0.6) is 11.5 Å². The predicted octanol–water partition coefficient (Wildman–Crippen LogP) is 5.19. The number of hydrogen-bond donors (Lipinski definition) is 0. The SMILES string of the molecule is CCOC(C(=O)C1CC=C(c2cc(OC)c(Cl)c(OC)c2)O1)c1ccc(-c2nnc(C)o2)cc1. The highest BCUT2D eigenvalue weighted by Crippen LogP contribution is 2.39. The first-order chi connectivity index (χ1) is 16.4. The van der Waals surface area contributed by atoms with Crippen molar-refractivity contribution in [1.29, 1.82) is 0 Å². The molecule has 1 aromatic heterocycles. The molecule has 9 heteroatoms. The predicted molar refractivity (Wildman–Crippen MR) is 126 cm³/mol. The summed E-state index contributed by atoms with van der Waals surface area (Å²) in [6.45, 7) is 3.95. The fourth-order valence-corrected chi connectivity index (χ4v) is 3.99. The summed E-state index contributed by atoms with van der Waals surface area (Å²) in [6, 6.07) is 10.8. The van der Waals surface area contributed by atoms with Crippen LogP contribution in [-0.2, 0) is 14.3 Å². The zero-order valence-electron chi connectivity index (χ0n) is 19.3. The van der Waals surface area contributed by atoms with E-state index in [0.717, 1.165) is 11.1 Å².